The van der Waals surface area contributed by atoms with E-state index in [0.29, 0.717) is 13.2 Å². The van der Waals surface area contributed by atoms with E-state index in [4.69, 9.17) is 9.47 Å². The molecule has 1 aliphatic rings. The molecule has 3 aromatic heterocycles. The Kier molecular flexibility index (Phi) is 3.87. The van der Waals surface area contributed by atoms with Gasteiger partial charge in [-0.05, 0) is 56.1 Å². The van der Waals surface area contributed by atoms with E-state index in [0.717, 1.165) is 28.8 Å². The van der Waals surface area contributed by atoms with Gasteiger partial charge in [-0.3, -0.25) is 0 Å². The van der Waals surface area contributed by atoms with E-state index in [1.807, 2.05) is 0 Å². The first-order chi connectivity index (χ1) is 10.2. The van der Waals surface area contributed by atoms with Gasteiger partial charge in [0, 0.05) is 9.75 Å². The zero-order valence-corrected chi connectivity index (χ0v) is 16.1. The fraction of sp³-hybridized carbons (Fsp3) is 0.143. The molecule has 21 heavy (non-hydrogen) atoms. The normalized spacial score (nSPS) is 13.6. The van der Waals surface area contributed by atoms with Gasteiger partial charge in [-0.1, -0.05) is 0 Å². The molecule has 3 aromatic rings. The van der Waals surface area contributed by atoms with Crippen LogP contribution in [0.1, 0.15) is 0 Å². The summed E-state index contributed by atoms with van der Waals surface area (Å²) in [5.74, 6) is 1.78. The van der Waals surface area contributed by atoms with Crippen molar-refractivity contribution in [3.8, 4) is 31.0 Å². The third-order valence-corrected chi connectivity index (χ3v) is 7.75. The molecule has 7 heteroatoms. The van der Waals surface area contributed by atoms with Crippen LogP contribution < -0.4 is 9.47 Å². The van der Waals surface area contributed by atoms with Gasteiger partial charge in [0.25, 0.3) is 0 Å². The fourth-order valence-electron chi connectivity index (χ4n) is 2.15. The van der Waals surface area contributed by atoms with Crippen LogP contribution in [-0.4, -0.2) is 13.2 Å². The quantitative estimate of drug-likeness (QED) is 0.431. The number of rotatable bonds is 2. The van der Waals surface area contributed by atoms with E-state index in [2.05, 4.69) is 56.1 Å². The van der Waals surface area contributed by atoms with E-state index < -0.39 is 0 Å². The smallest absolute Gasteiger partial charge is 0.181 e. The first kappa shape index (κ1) is 14.3. The molecule has 1 aliphatic heterocycles. The summed E-state index contributed by atoms with van der Waals surface area (Å²) < 4.78 is 14.0. The van der Waals surface area contributed by atoms with Crippen LogP contribution in [-0.2, 0) is 0 Å². The fourth-order valence-corrected chi connectivity index (χ4v) is 6.32. The molecule has 0 atom stereocenters. The summed E-state index contributed by atoms with van der Waals surface area (Å²) in [6.45, 7) is 1.22. The van der Waals surface area contributed by atoms with Gasteiger partial charge in [-0.15, -0.1) is 34.0 Å². The van der Waals surface area contributed by atoms with Gasteiger partial charge in [-0.2, -0.15) is 0 Å². The standard InChI is InChI=1S/C14H8Br2O2S3/c15-9-3-1-7(19-9)13-11-12(18-6-5-17-11)14(21-13)8-2-4-10(16)20-8/h1-4H,5-6H2. The average molecular weight is 464 g/mol. The second-order valence-electron chi connectivity index (χ2n) is 4.32. The Morgan fingerprint density at radius 3 is 1.57 bits per heavy atom. The molecule has 0 radical (unpaired) electrons. The van der Waals surface area contributed by atoms with Gasteiger partial charge < -0.3 is 9.47 Å². The number of fused-ring (bicyclic) bond motifs is 1. The lowest BCUT2D eigenvalue weighted by Gasteiger charge is -2.16. The van der Waals surface area contributed by atoms with Crippen LogP contribution in [0, 0.1) is 0 Å². The molecule has 0 N–H and O–H groups in total. The minimum atomic E-state index is 0.608. The first-order valence-corrected chi connectivity index (χ1v) is 10.2. The van der Waals surface area contributed by atoms with Crippen LogP contribution in [0.25, 0.3) is 19.5 Å². The lowest BCUT2D eigenvalue weighted by Crippen LogP contribution is -2.14. The second-order valence-corrected chi connectivity index (χ2v) is 10.3. The topological polar surface area (TPSA) is 18.5 Å². The van der Waals surface area contributed by atoms with Crippen molar-refractivity contribution in [3.05, 3.63) is 31.8 Å². The van der Waals surface area contributed by atoms with Crippen LogP contribution in [0.2, 0.25) is 0 Å². The Balaban J connectivity index is 1.90. The van der Waals surface area contributed by atoms with Gasteiger partial charge in [0.15, 0.2) is 11.5 Å². The molecule has 2 nitrogen and oxygen atoms in total. The summed E-state index contributed by atoms with van der Waals surface area (Å²) in [6, 6.07) is 8.37. The van der Waals surface area contributed by atoms with Crippen LogP contribution in [0.4, 0.5) is 0 Å². The zero-order valence-electron chi connectivity index (χ0n) is 10.5. The van der Waals surface area contributed by atoms with Crippen molar-refractivity contribution in [1.82, 2.24) is 0 Å². The maximum absolute atomic E-state index is 5.90. The minimum absolute atomic E-state index is 0.608. The van der Waals surface area contributed by atoms with Crippen molar-refractivity contribution in [3.63, 3.8) is 0 Å². The Labute approximate surface area is 150 Å². The molecule has 0 bridgehead atoms. The van der Waals surface area contributed by atoms with Crippen molar-refractivity contribution < 1.29 is 9.47 Å². The summed E-state index contributed by atoms with van der Waals surface area (Å²) >= 11 is 12.2. The molecule has 108 valence electrons. The van der Waals surface area contributed by atoms with Gasteiger partial charge in [-0.25, -0.2) is 0 Å². The van der Waals surface area contributed by atoms with Crippen LogP contribution in [0.5, 0.6) is 11.5 Å². The molecule has 0 saturated carbocycles. The summed E-state index contributed by atoms with van der Waals surface area (Å²) in [6.07, 6.45) is 0. The molecule has 0 amide bonds. The summed E-state index contributed by atoms with van der Waals surface area (Å²) in [7, 11) is 0. The van der Waals surface area contributed by atoms with E-state index in [-0.39, 0.29) is 0 Å². The van der Waals surface area contributed by atoms with Crippen LogP contribution >= 0.6 is 65.9 Å². The van der Waals surface area contributed by atoms with Crippen molar-refractivity contribution in [2.75, 3.05) is 13.2 Å². The summed E-state index contributed by atoms with van der Waals surface area (Å²) in [5, 5.41) is 0. The maximum atomic E-state index is 5.90. The Bertz CT molecular complexity index is 738. The largest absolute Gasteiger partial charge is 0.485 e. The molecule has 0 aliphatic carbocycles. The van der Waals surface area contributed by atoms with E-state index in [9.17, 15) is 0 Å². The number of halogens is 2. The predicted molar refractivity (Wildman–Crippen MR) is 97.3 cm³/mol. The molecule has 0 aromatic carbocycles. The molecule has 0 spiro atoms. The van der Waals surface area contributed by atoms with E-state index >= 15 is 0 Å². The first-order valence-electron chi connectivity index (χ1n) is 6.16. The minimum Gasteiger partial charge on any atom is -0.485 e. The van der Waals surface area contributed by atoms with Gasteiger partial charge in [0.1, 0.15) is 13.2 Å². The van der Waals surface area contributed by atoms with E-state index in [1.54, 1.807) is 34.0 Å². The Hall–Kier alpha value is -0.340. The highest BCUT2D eigenvalue weighted by atomic mass is 79.9. The molecular formula is C14H8Br2O2S3. The van der Waals surface area contributed by atoms with Crippen molar-refractivity contribution in [2.45, 2.75) is 0 Å². The van der Waals surface area contributed by atoms with Crippen molar-refractivity contribution >= 4 is 65.9 Å². The highest BCUT2D eigenvalue weighted by Gasteiger charge is 2.27. The Morgan fingerprint density at radius 2 is 1.19 bits per heavy atom. The van der Waals surface area contributed by atoms with E-state index in [1.165, 1.54) is 9.75 Å². The maximum Gasteiger partial charge on any atom is 0.181 e. The molecule has 0 unspecified atom stereocenters. The van der Waals surface area contributed by atoms with Crippen molar-refractivity contribution in [1.29, 1.82) is 0 Å². The second kappa shape index (κ2) is 5.70. The number of hydrogen-bond acceptors (Lipinski definition) is 5. The summed E-state index contributed by atoms with van der Waals surface area (Å²) in [5.41, 5.74) is 0. The third-order valence-electron chi connectivity index (χ3n) is 2.99. The summed E-state index contributed by atoms with van der Waals surface area (Å²) in [4.78, 5) is 4.71. The van der Waals surface area contributed by atoms with Crippen molar-refractivity contribution in [2.24, 2.45) is 0 Å². The van der Waals surface area contributed by atoms with Gasteiger partial charge in [0.2, 0.25) is 0 Å². The highest BCUT2D eigenvalue weighted by Crippen LogP contribution is 2.56. The van der Waals surface area contributed by atoms with Gasteiger partial charge in [0.05, 0.1) is 17.3 Å². The third kappa shape index (κ3) is 2.59. The number of thiophene rings is 3. The number of ether oxygens (including phenoxy) is 2. The Morgan fingerprint density at radius 1 is 0.714 bits per heavy atom. The molecule has 4 heterocycles. The zero-order chi connectivity index (χ0) is 14.4. The SMILES string of the molecule is Brc1ccc(-c2sc(-c3ccc(Br)s3)c3c2OCCO3)s1. The van der Waals surface area contributed by atoms with Crippen LogP contribution in [0.15, 0.2) is 31.8 Å². The molecule has 0 fully saturated rings. The lowest BCUT2D eigenvalue weighted by molar-refractivity contribution is 0.175. The average Bonchev–Trinajstić information content (AvgIpc) is 3.17. The van der Waals surface area contributed by atoms with Crippen LogP contribution in [0.3, 0.4) is 0 Å². The lowest BCUT2D eigenvalue weighted by atomic mass is 10.3. The molecular weight excluding hydrogens is 456 g/mol. The highest BCUT2D eigenvalue weighted by molar-refractivity contribution is 9.11. The predicted octanol–water partition coefficient (Wildman–Crippen LogP) is 6.50. The van der Waals surface area contributed by atoms with Gasteiger partial charge >= 0.3 is 0 Å². The monoisotopic (exact) mass is 462 g/mol. The molecule has 0 saturated heterocycles. The molecule has 4 rings (SSSR count). The number of hydrogen-bond donors (Lipinski definition) is 0.